The molecule has 28 heavy (non-hydrogen) atoms. The monoisotopic (exact) mass is 424 g/mol. The minimum Gasteiger partial charge on any atom is -0.481 e. The second-order valence-corrected chi connectivity index (χ2v) is 8.96. The van der Waals surface area contributed by atoms with E-state index in [4.69, 9.17) is 16.3 Å². The van der Waals surface area contributed by atoms with E-state index in [9.17, 15) is 13.2 Å². The number of rotatable bonds is 9. The molecule has 0 spiro atoms. The van der Waals surface area contributed by atoms with Crippen molar-refractivity contribution in [2.24, 2.45) is 5.92 Å². The first-order chi connectivity index (χ1) is 13.2. The molecule has 2 aromatic carbocycles. The quantitative estimate of drug-likeness (QED) is 0.646. The van der Waals surface area contributed by atoms with E-state index in [-0.39, 0.29) is 17.3 Å². The maximum atomic E-state index is 12.4. The lowest BCUT2D eigenvalue weighted by Gasteiger charge is -2.16. The average Bonchev–Trinajstić information content (AvgIpc) is 2.65. The van der Waals surface area contributed by atoms with E-state index < -0.39 is 16.1 Å². The predicted molar refractivity (Wildman–Crippen MR) is 110 cm³/mol. The van der Waals surface area contributed by atoms with E-state index in [0.29, 0.717) is 28.8 Å². The van der Waals surface area contributed by atoms with E-state index in [1.54, 1.807) is 31.2 Å². The number of benzene rings is 2. The molecule has 6 nitrogen and oxygen atoms in total. The second kappa shape index (κ2) is 9.91. The molecule has 0 saturated heterocycles. The number of sulfonamides is 1. The third kappa shape index (κ3) is 6.51. The average molecular weight is 425 g/mol. The summed E-state index contributed by atoms with van der Waals surface area (Å²) in [5.74, 6) is 0.544. The summed E-state index contributed by atoms with van der Waals surface area (Å²) in [6.45, 7) is 6.31. The first kappa shape index (κ1) is 22.2. The summed E-state index contributed by atoms with van der Waals surface area (Å²) in [4.78, 5) is 12.1. The molecular weight excluding hydrogens is 400 g/mol. The Labute approximate surface area is 171 Å². The van der Waals surface area contributed by atoms with Gasteiger partial charge in [-0.2, -0.15) is 0 Å². The lowest BCUT2D eigenvalue weighted by Crippen LogP contribution is -2.38. The maximum Gasteiger partial charge on any atom is 0.260 e. The zero-order valence-electron chi connectivity index (χ0n) is 16.1. The van der Waals surface area contributed by atoms with Crippen LogP contribution in [0.25, 0.3) is 0 Å². The van der Waals surface area contributed by atoms with Crippen LogP contribution in [0.2, 0.25) is 5.02 Å². The van der Waals surface area contributed by atoms with Crippen molar-refractivity contribution in [3.63, 3.8) is 0 Å². The topological polar surface area (TPSA) is 84.5 Å². The van der Waals surface area contributed by atoms with Crippen molar-refractivity contribution < 1.29 is 17.9 Å². The molecular formula is C20H25ClN2O4S. The van der Waals surface area contributed by atoms with Crippen molar-refractivity contribution in [3.05, 3.63) is 59.1 Å². The summed E-state index contributed by atoms with van der Waals surface area (Å²) in [6.07, 6.45) is -0.681. The molecule has 2 rings (SSSR count). The Kier molecular flexibility index (Phi) is 7.86. The van der Waals surface area contributed by atoms with Crippen LogP contribution in [-0.2, 0) is 21.4 Å². The van der Waals surface area contributed by atoms with Gasteiger partial charge in [0.25, 0.3) is 5.91 Å². The molecule has 2 N–H and O–H groups in total. The van der Waals surface area contributed by atoms with E-state index in [0.717, 1.165) is 0 Å². The van der Waals surface area contributed by atoms with Gasteiger partial charge in [0.15, 0.2) is 6.10 Å². The number of hydrogen-bond acceptors (Lipinski definition) is 4. The highest BCUT2D eigenvalue weighted by atomic mass is 35.5. The number of carbonyl (C=O) groups excluding carboxylic acids is 1. The van der Waals surface area contributed by atoms with E-state index in [2.05, 4.69) is 10.0 Å². The molecule has 0 unspecified atom stereocenters. The molecule has 0 heterocycles. The van der Waals surface area contributed by atoms with Crippen molar-refractivity contribution in [1.82, 2.24) is 10.0 Å². The van der Waals surface area contributed by atoms with Gasteiger partial charge in [-0.15, -0.1) is 0 Å². The van der Waals surface area contributed by atoms with Crippen molar-refractivity contribution in [2.75, 3.05) is 6.54 Å². The van der Waals surface area contributed by atoms with Crippen molar-refractivity contribution >= 4 is 27.5 Å². The molecule has 1 amide bonds. The third-order valence-electron chi connectivity index (χ3n) is 3.91. The van der Waals surface area contributed by atoms with Crippen LogP contribution in [0.15, 0.2) is 53.4 Å². The molecule has 0 aliphatic heterocycles. The largest absolute Gasteiger partial charge is 0.481 e. The number of carbonyl (C=O) groups is 1. The van der Waals surface area contributed by atoms with Crippen LogP contribution in [0.4, 0.5) is 0 Å². The zero-order valence-corrected chi connectivity index (χ0v) is 17.7. The van der Waals surface area contributed by atoms with Gasteiger partial charge in [0, 0.05) is 18.1 Å². The molecule has 0 aliphatic rings. The fourth-order valence-electron chi connectivity index (χ4n) is 2.30. The summed E-state index contributed by atoms with van der Waals surface area (Å²) >= 11 is 6.05. The molecule has 152 valence electrons. The Morgan fingerprint density at radius 2 is 1.71 bits per heavy atom. The highest BCUT2D eigenvalue weighted by Crippen LogP contribution is 2.19. The molecule has 0 saturated carbocycles. The Morgan fingerprint density at radius 3 is 2.32 bits per heavy atom. The van der Waals surface area contributed by atoms with Gasteiger partial charge in [-0.05, 0) is 48.7 Å². The van der Waals surface area contributed by atoms with Gasteiger partial charge < -0.3 is 10.1 Å². The Bertz CT molecular complexity index is 899. The molecule has 8 heteroatoms. The van der Waals surface area contributed by atoms with Crippen LogP contribution >= 0.6 is 11.6 Å². The second-order valence-electron chi connectivity index (χ2n) is 6.79. The Morgan fingerprint density at radius 1 is 1.07 bits per heavy atom. The number of halogens is 1. The normalized spacial score (nSPS) is 12.6. The van der Waals surface area contributed by atoms with Gasteiger partial charge in [-0.25, -0.2) is 13.1 Å². The van der Waals surface area contributed by atoms with E-state index in [1.807, 2.05) is 13.8 Å². The number of ether oxygens (including phenoxy) is 1. The lowest BCUT2D eigenvalue weighted by atomic mass is 10.2. The fourth-order valence-corrected chi connectivity index (χ4v) is 3.51. The van der Waals surface area contributed by atoms with Gasteiger partial charge in [0.05, 0.1) is 4.90 Å². The standard InChI is InChI=1S/C20H25ClN2O4S/c1-14(2)12-22-20(24)15(3)27-17-8-10-18(11-9-17)28(25,26)23-13-16-6-4-5-7-19(16)21/h4-11,14-15,23H,12-13H2,1-3H3,(H,22,24)/t15-/m0/s1. The van der Waals surface area contributed by atoms with Crippen LogP contribution in [0.3, 0.4) is 0 Å². The van der Waals surface area contributed by atoms with Crippen LogP contribution in [0.5, 0.6) is 5.75 Å². The van der Waals surface area contributed by atoms with Crippen LogP contribution in [-0.4, -0.2) is 27.0 Å². The molecule has 2 aromatic rings. The Hall–Kier alpha value is -2.09. The van der Waals surface area contributed by atoms with Gasteiger partial charge in [0.1, 0.15) is 5.75 Å². The third-order valence-corrected chi connectivity index (χ3v) is 5.70. The minimum absolute atomic E-state index is 0.0906. The fraction of sp³-hybridized carbons (Fsp3) is 0.350. The molecule has 1 atom stereocenters. The van der Waals surface area contributed by atoms with Crippen molar-refractivity contribution in [1.29, 1.82) is 0 Å². The van der Waals surface area contributed by atoms with Gasteiger partial charge in [0.2, 0.25) is 10.0 Å². The SMILES string of the molecule is CC(C)CNC(=O)[C@H](C)Oc1ccc(S(=O)(=O)NCc2ccccc2Cl)cc1. The molecule has 0 fully saturated rings. The van der Waals surface area contributed by atoms with E-state index in [1.165, 1.54) is 24.3 Å². The lowest BCUT2D eigenvalue weighted by molar-refractivity contribution is -0.127. The number of nitrogens with one attached hydrogen (secondary N) is 2. The van der Waals surface area contributed by atoms with Crippen LogP contribution in [0.1, 0.15) is 26.3 Å². The molecule has 0 aromatic heterocycles. The highest BCUT2D eigenvalue weighted by molar-refractivity contribution is 7.89. The molecule has 0 aliphatic carbocycles. The van der Waals surface area contributed by atoms with Gasteiger partial charge in [-0.1, -0.05) is 43.6 Å². The highest BCUT2D eigenvalue weighted by Gasteiger charge is 2.17. The molecule has 0 radical (unpaired) electrons. The minimum atomic E-state index is -3.70. The van der Waals surface area contributed by atoms with Crippen LogP contribution < -0.4 is 14.8 Å². The van der Waals surface area contributed by atoms with Crippen LogP contribution in [0, 0.1) is 5.92 Å². The summed E-state index contributed by atoms with van der Waals surface area (Å²) in [5.41, 5.74) is 0.689. The summed E-state index contributed by atoms with van der Waals surface area (Å²) in [7, 11) is -3.70. The zero-order chi connectivity index (χ0) is 20.7. The summed E-state index contributed by atoms with van der Waals surface area (Å²) in [6, 6.07) is 12.9. The van der Waals surface area contributed by atoms with Crippen molar-refractivity contribution in [3.8, 4) is 5.75 Å². The van der Waals surface area contributed by atoms with Gasteiger partial charge >= 0.3 is 0 Å². The molecule has 0 bridgehead atoms. The summed E-state index contributed by atoms with van der Waals surface area (Å²) < 4.78 is 33.0. The number of amides is 1. The smallest absolute Gasteiger partial charge is 0.260 e. The van der Waals surface area contributed by atoms with Crippen molar-refractivity contribution in [2.45, 2.75) is 38.3 Å². The Balaban J connectivity index is 1.97. The maximum absolute atomic E-state index is 12.4. The first-order valence-corrected chi connectivity index (χ1v) is 10.8. The summed E-state index contributed by atoms with van der Waals surface area (Å²) in [5, 5.41) is 3.29. The van der Waals surface area contributed by atoms with E-state index >= 15 is 0 Å². The van der Waals surface area contributed by atoms with Gasteiger partial charge in [-0.3, -0.25) is 4.79 Å². The predicted octanol–water partition coefficient (Wildman–Crippen LogP) is 3.36. The number of hydrogen-bond donors (Lipinski definition) is 2. The first-order valence-electron chi connectivity index (χ1n) is 8.96.